The Labute approximate surface area is 274 Å². The van der Waals surface area contributed by atoms with Crippen LogP contribution in [0.5, 0.6) is 23.0 Å². The van der Waals surface area contributed by atoms with Crippen LogP contribution < -0.4 is 20.1 Å². The third-order valence-corrected chi connectivity index (χ3v) is 6.63. The van der Waals surface area contributed by atoms with Gasteiger partial charge >= 0.3 is 0 Å². The summed E-state index contributed by atoms with van der Waals surface area (Å²) < 4.78 is 10.8. The molecule has 5 aromatic rings. The molecule has 0 aliphatic heterocycles. The Morgan fingerprint density at radius 3 is 1.44 bits per heavy atom. The zero-order valence-corrected chi connectivity index (χ0v) is 28.0. The summed E-state index contributed by atoms with van der Waals surface area (Å²) in [4.78, 5) is 17.7. The van der Waals surface area contributed by atoms with Crippen LogP contribution in [0.25, 0.3) is 0 Å². The van der Waals surface area contributed by atoms with Gasteiger partial charge in [-0.1, -0.05) is 36.4 Å². The van der Waals surface area contributed by atoms with Gasteiger partial charge in [-0.15, -0.1) is 0 Å². The molecule has 2 heterocycles. The summed E-state index contributed by atoms with van der Waals surface area (Å²) in [7, 11) is 3.00. The first-order chi connectivity index (χ1) is 21.5. The number of ether oxygens (including phenoxy) is 2. The minimum absolute atomic E-state index is 0. The Hall–Kier alpha value is -5.28. The fraction of sp³-hybridized carbons (Fsp3) is 0.118. The van der Waals surface area contributed by atoms with E-state index in [1.165, 1.54) is 14.2 Å². The summed E-state index contributed by atoms with van der Waals surface area (Å²) in [5, 5.41) is 28.1. The van der Waals surface area contributed by atoms with Crippen molar-refractivity contribution in [2.45, 2.75) is 13.1 Å². The summed E-state index contributed by atoms with van der Waals surface area (Å²) in [5.41, 5.74) is 3.93. The van der Waals surface area contributed by atoms with Crippen molar-refractivity contribution in [3.63, 3.8) is 0 Å². The number of phenolic OH excluding ortho intramolecular Hbond substituents is 2. The molecule has 3 aromatic carbocycles. The summed E-state index contributed by atoms with van der Waals surface area (Å²) in [6.07, 6.45) is 6.73. The van der Waals surface area contributed by atoms with Crippen LogP contribution in [0.15, 0.2) is 107 Å². The number of phenols is 2. The van der Waals surface area contributed by atoms with E-state index in [2.05, 4.69) is 30.6 Å². The number of rotatable bonds is 12. The number of anilines is 2. The number of aromatic nitrogens is 2. The largest absolute Gasteiger partial charge is 0.503 e. The van der Waals surface area contributed by atoms with E-state index in [4.69, 9.17) is 9.47 Å². The molecule has 10 nitrogen and oxygen atoms in total. The van der Waals surface area contributed by atoms with Crippen LogP contribution in [-0.2, 0) is 32.6 Å². The van der Waals surface area contributed by atoms with Crippen LogP contribution in [0, 0.1) is 0 Å². The third-order valence-electron chi connectivity index (χ3n) is 6.63. The van der Waals surface area contributed by atoms with Crippen LogP contribution >= 0.6 is 0 Å². The first kappa shape index (κ1) is 32.6. The van der Waals surface area contributed by atoms with Crippen molar-refractivity contribution in [2.75, 3.05) is 24.9 Å². The predicted molar refractivity (Wildman–Crippen MR) is 173 cm³/mol. The molecule has 4 N–H and O–H groups in total. The standard InChI is InChI=1S/C34H32N6O4.Zn/c1-43-29-17-23(19-39-31-11-5-7-13-35-31)15-27(33(29)41)37-21-25-9-3-4-10-26(25)22-38-28-16-24(18-30(44-2)34(28)42)20-40-32-12-6-8-14-36-32;/h3-18,21-22,41-42H,19-20H2,1-2H3,(H,35,39)(H,36,40);. The van der Waals surface area contributed by atoms with Gasteiger partial charge in [-0.05, 0) is 59.7 Å². The molecule has 0 saturated carbocycles. The molecular weight excluding hydrogens is 622 g/mol. The van der Waals surface area contributed by atoms with Gasteiger partial charge in [0.25, 0.3) is 0 Å². The molecule has 0 aliphatic carbocycles. The molecule has 5 rings (SSSR count). The summed E-state index contributed by atoms with van der Waals surface area (Å²) in [5.74, 6) is 1.96. The zero-order valence-electron chi connectivity index (χ0n) is 25.0. The van der Waals surface area contributed by atoms with E-state index in [0.717, 1.165) is 33.9 Å². The molecule has 0 atom stereocenters. The van der Waals surface area contributed by atoms with Crippen LogP contribution in [0.4, 0.5) is 23.0 Å². The van der Waals surface area contributed by atoms with E-state index in [0.29, 0.717) is 36.0 Å². The number of hydrogen-bond acceptors (Lipinski definition) is 10. The maximum Gasteiger partial charge on any atom is 0.183 e. The van der Waals surface area contributed by atoms with E-state index in [1.807, 2.05) is 60.7 Å². The van der Waals surface area contributed by atoms with Gasteiger partial charge in [0, 0.05) is 68.5 Å². The molecule has 2 aromatic heterocycles. The van der Waals surface area contributed by atoms with Crippen molar-refractivity contribution >= 4 is 35.4 Å². The predicted octanol–water partition coefficient (Wildman–Crippen LogP) is 6.63. The molecule has 0 aliphatic rings. The molecule has 0 amide bonds. The van der Waals surface area contributed by atoms with E-state index < -0.39 is 0 Å². The van der Waals surface area contributed by atoms with Gasteiger partial charge in [0.2, 0.25) is 0 Å². The van der Waals surface area contributed by atoms with Crippen LogP contribution in [0.1, 0.15) is 22.3 Å². The molecule has 0 bridgehead atoms. The third kappa shape index (κ3) is 8.64. The first-order valence-electron chi connectivity index (χ1n) is 13.8. The van der Waals surface area contributed by atoms with Crippen LogP contribution in [0.3, 0.4) is 0 Å². The Balaban J connectivity index is 0.00000461. The molecule has 11 heteroatoms. The van der Waals surface area contributed by atoms with Gasteiger partial charge < -0.3 is 30.3 Å². The number of benzene rings is 3. The summed E-state index contributed by atoms with van der Waals surface area (Å²) in [6, 6.07) is 25.9. The second-order valence-corrected chi connectivity index (χ2v) is 9.61. The number of aliphatic imine (C=N–C) groups is 2. The quantitative estimate of drug-likeness (QED) is 0.0871. The SMILES string of the molecule is COc1cc(CNc2ccccn2)cc(N=Cc2ccccc2C=Nc2cc(CNc3ccccn3)cc(OC)c2O)c1O.[Zn]. The molecule has 0 spiro atoms. The monoisotopic (exact) mass is 652 g/mol. The van der Waals surface area contributed by atoms with Crippen LogP contribution in [0.2, 0.25) is 0 Å². The van der Waals surface area contributed by atoms with E-state index in [1.54, 1.807) is 49.1 Å². The fourth-order valence-electron chi connectivity index (χ4n) is 4.35. The fourth-order valence-corrected chi connectivity index (χ4v) is 4.35. The molecule has 0 radical (unpaired) electrons. The second kappa shape index (κ2) is 16.0. The van der Waals surface area contributed by atoms with Gasteiger partial charge in [-0.25, -0.2) is 9.97 Å². The number of hydrogen-bond donors (Lipinski definition) is 4. The van der Waals surface area contributed by atoms with E-state index >= 15 is 0 Å². The average Bonchev–Trinajstić information content (AvgIpc) is 3.07. The number of nitrogens with one attached hydrogen (secondary N) is 2. The number of methoxy groups -OCH3 is 2. The van der Waals surface area contributed by atoms with E-state index in [-0.39, 0.29) is 31.0 Å². The second-order valence-electron chi connectivity index (χ2n) is 9.61. The number of pyridine rings is 2. The van der Waals surface area contributed by atoms with Gasteiger partial charge in [0.05, 0.1) is 14.2 Å². The molecule has 0 unspecified atom stereocenters. The van der Waals surface area contributed by atoms with Crippen molar-refractivity contribution < 1.29 is 39.2 Å². The summed E-state index contributed by atoms with van der Waals surface area (Å²) >= 11 is 0. The first-order valence-corrected chi connectivity index (χ1v) is 13.8. The van der Waals surface area contributed by atoms with Gasteiger partial charge in [-0.2, -0.15) is 0 Å². The Morgan fingerprint density at radius 2 is 1.07 bits per heavy atom. The van der Waals surface area contributed by atoms with Crippen molar-refractivity contribution in [3.8, 4) is 23.0 Å². The maximum atomic E-state index is 10.8. The van der Waals surface area contributed by atoms with Crippen LogP contribution in [-0.4, -0.2) is 46.8 Å². The average molecular weight is 654 g/mol. The number of nitrogens with zero attached hydrogens (tertiary/aromatic N) is 4. The van der Waals surface area contributed by atoms with Crippen molar-refractivity contribution in [3.05, 3.63) is 120 Å². The van der Waals surface area contributed by atoms with Gasteiger partial charge in [-0.3, -0.25) is 9.98 Å². The van der Waals surface area contributed by atoms with Gasteiger partial charge in [0.1, 0.15) is 23.0 Å². The normalized spacial score (nSPS) is 10.9. The van der Waals surface area contributed by atoms with Crippen molar-refractivity contribution in [1.29, 1.82) is 0 Å². The Morgan fingerprint density at radius 1 is 0.644 bits per heavy atom. The topological polar surface area (TPSA) is 133 Å². The molecule has 224 valence electrons. The Kier molecular flexibility index (Phi) is 11.6. The van der Waals surface area contributed by atoms with Crippen molar-refractivity contribution in [2.24, 2.45) is 9.98 Å². The smallest absolute Gasteiger partial charge is 0.183 e. The van der Waals surface area contributed by atoms with E-state index in [9.17, 15) is 10.2 Å². The minimum Gasteiger partial charge on any atom is -0.503 e. The minimum atomic E-state index is -0.0652. The molecule has 0 saturated heterocycles. The summed E-state index contributed by atoms with van der Waals surface area (Å²) in [6.45, 7) is 0.922. The zero-order chi connectivity index (χ0) is 30.7. The number of aromatic hydroxyl groups is 2. The maximum absolute atomic E-state index is 10.8. The van der Waals surface area contributed by atoms with Crippen molar-refractivity contribution in [1.82, 2.24) is 9.97 Å². The molecular formula is C34H32N6O4Zn. The molecule has 0 fully saturated rings. The van der Waals surface area contributed by atoms with Gasteiger partial charge in [0.15, 0.2) is 23.0 Å². The molecule has 45 heavy (non-hydrogen) atoms. The Bertz CT molecular complexity index is 1640.